The number of ether oxygens (including phenoxy) is 6. The molecule has 0 unspecified atom stereocenters. The van der Waals surface area contributed by atoms with Crippen LogP contribution in [-0.4, -0.2) is 39.6 Å². The quantitative estimate of drug-likeness (QED) is 0.0332. The van der Waals surface area contributed by atoms with Crippen LogP contribution in [0.25, 0.3) is 32.3 Å². The van der Waals surface area contributed by atoms with E-state index in [4.69, 9.17) is 28.4 Å². The van der Waals surface area contributed by atoms with E-state index in [1.54, 1.807) is 6.08 Å². The highest BCUT2D eigenvalue weighted by molar-refractivity contribution is 6.26. The molecule has 0 saturated carbocycles. The van der Waals surface area contributed by atoms with Gasteiger partial charge < -0.3 is 28.4 Å². The Balaban J connectivity index is 2.01. The Bertz CT molecular complexity index is 1610. The van der Waals surface area contributed by atoms with E-state index in [0.717, 1.165) is 157 Å². The van der Waals surface area contributed by atoms with E-state index in [0.29, 0.717) is 45.4 Å². The van der Waals surface area contributed by atoms with E-state index in [9.17, 15) is 0 Å². The Morgan fingerprint density at radius 1 is 0.346 bits per heavy atom. The van der Waals surface area contributed by atoms with Crippen molar-refractivity contribution >= 4 is 32.3 Å². The standard InChI is InChI=1S/C46H66O6/c1-7-13-18-24-48-42-30-36-35(29-41(42)47-23-12-6)37-31-43(49-25-19-14-8-2)45(51-27-21-16-10-4)33-39(37)40-34-46(52-28-22-17-11-5)44(32-38(36)40)50-26-20-15-9-3/h12,29-34H,6-11,13-28H2,1-5H3. The minimum absolute atomic E-state index is 0.387. The predicted molar refractivity (Wildman–Crippen MR) is 220 cm³/mol. The Hall–Kier alpha value is -3.80. The summed E-state index contributed by atoms with van der Waals surface area (Å²) in [5.41, 5.74) is 0. The summed E-state index contributed by atoms with van der Waals surface area (Å²) in [5, 5.41) is 6.45. The molecule has 4 aromatic carbocycles. The van der Waals surface area contributed by atoms with E-state index in [1.165, 1.54) is 0 Å². The normalized spacial score (nSPS) is 11.3. The molecule has 4 aromatic rings. The molecule has 0 atom stereocenters. The van der Waals surface area contributed by atoms with Crippen LogP contribution < -0.4 is 28.4 Å². The molecule has 0 fully saturated rings. The maximum Gasteiger partial charge on any atom is 0.162 e. The van der Waals surface area contributed by atoms with Gasteiger partial charge in [-0.2, -0.15) is 0 Å². The Morgan fingerprint density at radius 3 is 0.750 bits per heavy atom. The highest BCUT2D eigenvalue weighted by Gasteiger charge is 2.20. The fourth-order valence-electron chi connectivity index (χ4n) is 6.51. The molecule has 0 heterocycles. The summed E-state index contributed by atoms with van der Waals surface area (Å²) in [7, 11) is 0. The zero-order chi connectivity index (χ0) is 37.0. The average Bonchev–Trinajstić information content (AvgIpc) is 3.16. The van der Waals surface area contributed by atoms with E-state index in [-0.39, 0.29) is 0 Å². The van der Waals surface area contributed by atoms with Gasteiger partial charge in [-0.15, -0.1) is 0 Å². The van der Waals surface area contributed by atoms with Crippen molar-refractivity contribution in [3.8, 4) is 34.5 Å². The second kappa shape index (κ2) is 23.0. The molecule has 6 nitrogen and oxygen atoms in total. The largest absolute Gasteiger partial charge is 0.490 e. The van der Waals surface area contributed by atoms with Crippen LogP contribution >= 0.6 is 0 Å². The minimum Gasteiger partial charge on any atom is -0.490 e. The lowest BCUT2D eigenvalue weighted by Gasteiger charge is -2.20. The maximum absolute atomic E-state index is 6.52. The predicted octanol–water partition coefficient (Wildman–Crippen LogP) is 13.6. The Labute approximate surface area is 314 Å². The van der Waals surface area contributed by atoms with E-state index in [1.807, 2.05) is 0 Å². The first kappa shape index (κ1) is 41.0. The fourth-order valence-corrected chi connectivity index (χ4v) is 6.51. The molecule has 0 bridgehead atoms. The van der Waals surface area contributed by atoms with Crippen LogP contribution in [0, 0.1) is 0 Å². The van der Waals surface area contributed by atoms with Crippen molar-refractivity contribution in [2.45, 2.75) is 131 Å². The molecule has 4 rings (SSSR count). The molecule has 0 aliphatic rings. The zero-order valence-corrected chi connectivity index (χ0v) is 33.0. The van der Waals surface area contributed by atoms with E-state index < -0.39 is 0 Å². The number of benzene rings is 4. The third-order valence-electron chi connectivity index (χ3n) is 9.51. The smallest absolute Gasteiger partial charge is 0.162 e. The summed E-state index contributed by atoms with van der Waals surface area (Å²) in [6.45, 7) is 18.6. The van der Waals surface area contributed by atoms with Crippen molar-refractivity contribution in [3.63, 3.8) is 0 Å². The molecule has 0 amide bonds. The van der Waals surface area contributed by atoms with E-state index in [2.05, 4.69) is 77.6 Å². The van der Waals surface area contributed by atoms with Gasteiger partial charge >= 0.3 is 0 Å². The molecular formula is C46H66O6. The van der Waals surface area contributed by atoms with Gasteiger partial charge in [-0.05, 0) is 101 Å². The third kappa shape index (κ3) is 11.6. The van der Waals surface area contributed by atoms with E-state index >= 15 is 0 Å². The van der Waals surface area contributed by atoms with Gasteiger partial charge in [0.1, 0.15) is 6.61 Å². The average molecular weight is 715 g/mol. The van der Waals surface area contributed by atoms with Gasteiger partial charge in [-0.3, -0.25) is 0 Å². The van der Waals surface area contributed by atoms with Crippen LogP contribution in [0.2, 0.25) is 0 Å². The lowest BCUT2D eigenvalue weighted by Crippen LogP contribution is -2.04. The first-order valence-corrected chi connectivity index (χ1v) is 20.5. The summed E-state index contributed by atoms with van der Waals surface area (Å²) in [6, 6.07) is 13.0. The number of rotatable bonds is 28. The first-order chi connectivity index (χ1) is 25.6. The molecule has 0 spiro atoms. The summed E-state index contributed by atoms with van der Waals surface area (Å²) in [4.78, 5) is 0. The second-order valence-corrected chi connectivity index (χ2v) is 13.9. The highest BCUT2D eigenvalue weighted by atomic mass is 16.5. The van der Waals surface area contributed by atoms with Crippen LogP contribution in [0.3, 0.4) is 0 Å². The van der Waals surface area contributed by atoms with Crippen molar-refractivity contribution in [3.05, 3.63) is 49.1 Å². The number of hydrogen-bond donors (Lipinski definition) is 0. The van der Waals surface area contributed by atoms with Gasteiger partial charge in [0.2, 0.25) is 0 Å². The number of fused-ring (bicyclic) bond motifs is 6. The van der Waals surface area contributed by atoms with Gasteiger partial charge in [0.15, 0.2) is 34.5 Å². The molecule has 0 saturated heterocycles. The van der Waals surface area contributed by atoms with Gasteiger partial charge in [-0.1, -0.05) is 111 Å². The molecule has 0 aliphatic carbocycles. The monoisotopic (exact) mass is 714 g/mol. The van der Waals surface area contributed by atoms with Crippen LogP contribution in [-0.2, 0) is 0 Å². The summed E-state index contributed by atoms with van der Waals surface area (Å²) in [5.74, 6) is 4.58. The summed E-state index contributed by atoms with van der Waals surface area (Å²) < 4.78 is 38.8. The molecule has 52 heavy (non-hydrogen) atoms. The Morgan fingerprint density at radius 2 is 0.558 bits per heavy atom. The lowest BCUT2D eigenvalue weighted by molar-refractivity contribution is 0.260. The van der Waals surface area contributed by atoms with Crippen LogP contribution in [0.5, 0.6) is 34.5 Å². The number of unbranched alkanes of at least 4 members (excludes halogenated alkanes) is 10. The molecule has 0 aliphatic heterocycles. The summed E-state index contributed by atoms with van der Waals surface area (Å²) in [6.07, 6.45) is 18.1. The molecule has 286 valence electrons. The third-order valence-corrected chi connectivity index (χ3v) is 9.51. The first-order valence-electron chi connectivity index (χ1n) is 20.5. The zero-order valence-electron chi connectivity index (χ0n) is 33.0. The number of hydrogen-bond acceptors (Lipinski definition) is 6. The molecule has 0 radical (unpaired) electrons. The van der Waals surface area contributed by atoms with Crippen LogP contribution in [0.1, 0.15) is 131 Å². The summed E-state index contributed by atoms with van der Waals surface area (Å²) >= 11 is 0. The van der Waals surface area contributed by atoms with Gasteiger partial charge in [0.05, 0.1) is 33.0 Å². The second-order valence-electron chi connectivity index (χ2n) is 13.9. The molecule has 0 aromatic heterocycles. The fraction of sp³-hybridized carbons (Fsp3) is 0.565. The lowest BCUT2D eigenvalue weighted by atomic mass is 9.93. The topological polar surface area (TPSA) is 55.4 Å². The molecule has 6 heteroatoms. The van der Waals surface area contributed by atoms with Gasteiger partial charge in [-0.25, -0.2) is 0 Å². The van der Waals surface area contributed by atoms with Crippen molar-refractivity contribution < 1.29 is 28.4 Å². The van der Waals surface area contributed by atoms with Gasteiger partial charge in [0, 0.05) is 0 Å². The highest BCUT2D eigenvalue weighted by Crippen LogP contribution is 2.47. The maximum atomic E-state index is 6.52. The molecule has 0 N–H and O–H groups in total. The Kier molecular flexibility index (Phi) is 18.1. The van der Waals surface area contributed by atoms with Crippen molar-refractivity contribution in [1.82, 2.24) is 0 Å². The minimum atomic E-state index is 0.387. The van der Waals surface area contributed by atoms with Crippen LogP contribution in [0.15, 0.2) is 49.1 Å². The molecular weight excluding hydrogens is 649 g/mol. The van der Waals surface area contributed by atoms with Crippen molar-refractivity contribution in [2.24, 2.45) is 0 Å². The van der Waals surface area contributed by atoms with Crippen molar-refractivity contribution in [2.75, 3.05) is 39.6 Å². The van der Waals surface area contributed by atoms with Crippen molar-refractivity contribution in [1.29, 1.82) is 0 Å². The van der Waals surface area contributed by atoms with Crippen LogP contribution in [0.4, 0.5) is 0 Å². The van der Waals surface area contributed by atoms with Gasteiger partial charge in [0.25, 0.3) is 0 Å². The SMILES string of the molecule is C=CCOc1cc2c(cc1OCCCCC)c1cc(OCCCCC)c(OCCCCC)cc1c1cc(OCCCCC)c(OCCCCC)cc21.